The molecule has 1 unspecified atom stereocenters. The molecule has 0 radical (unpaired) electrons. The maximum atomic E-state index is 4.47. The van der Waals surface area contributed by atoms with Gasteiger partial charge in [-0.15, -0.1) is 0 Å². The Balaban J connectivity index is 1.62. The molecule has 3 heterocycles. The highest BCUT2D eigenvalue weighted by Crippen LogP contribution is 2.22. The van der Waals surface area contributed by atoms with Crippen molar-refractivity contribution in [3.63, 3.8) is 0 Å². The van der Waals surface area contributed by atoms with Gasteiger partial charge in [0.05, 0.1) is 0 Å². The quantitative estimate of drug-likeness (QED) is 0.816. The zero-order chi connectivity index (χ0) is 13.1. The number of aromatic nitrogens is 2. The summed E-state index contributed by atoms with van der Waals surface area (Å²) >= 11 is 0. The van der Waals surface area contributed by atoms with E-state index < -0.39 is 0 Å². The molecule has 2 fully saturated rings. The Morgan fingerprint density at radius 2 is 1.68 bits per heavy atom. The molecule has 0 spiro atoms. The predicted molar refractivity (Wildman–Crippen MR) is 77.4 cm³/mol. The summed E-state index contributed by atoms with van der Waals surface area (Å²) in [5.41, 5.74) is 1.13. The van der Waals surface area contributed by atoms with E-state index in [0.29, 0.717) is 0 Å². The lowest BCUT2D eigenvalue weighted by Crippen LogP contribution is -2.34. The van der Waals surface area contributed by atoms with Crippen LogP contribution in [0.25, 0.3) is 0 Å². The van der Waals surface area contributed by atoms with Crippen LogP contribution in [0.3, 0.4) is 0 Å². The van der Waals surface area contributed by atoms with Gasteiger partial charge in [0.25, 0.3) is 0 Å². The van der Waals surface area contributed by atoms with Gasteiger partial charge in [-0.25, -0.2) is 9.97 Å². The maximum Gasteiger partial charge on any atom is 0.225 e. The Morgan fingerprint density at radius 1 is 0.947 bits per heavy atom. The third-order valence-corrected chi connectivity index (χ3v) is 4.40. The summed E-state index contributed by atoms with van der Waals surface area (Å²) in [5.74, 6) is 0.910. The second-order valence-electron chi connectivity index (χ2n) is 5.88. The summed E-state index contributed by atoms with van der Waals surface area (Å²) in [6.45, 7) is 6.87. The fourth-order valence-corrected chi connectivity index (χ4v) is 3.30. The summed E-state index contributed by atoms with van der Waals surface area (Å²) in [4.78, 5) is 14.0. The Morgan fingerprint density at radius 3 is 2.42 bits per heavy atom. The van der Waals surface area contributed by atoms with E-state index in [2.05, 4.69) is 19.8 Å². The molecule has 0 aliphatic carbocycles. The summed E-state index contributed by atoms with van der Waals surface area (Å²) in [6.07, 6.45) is 10.5. The number of nitrogens with zero attached hydrogens (tertiary/aromatic N) is 4. The second kappa shape index (κ2) is 5.87. The molecule has 2 saturated heterocycles. The highest BCUT2D eigenvalue weighted by Gasteiger charge is 2.25. The van der Waals surface area contributed by atoms with Crippen LogP contribution in [0.2, 0.25) is 0 Å². The lowest BCUT2D eigenvalue weighted by Gasteiger charge is -2.26. The molecule has 0 N–H and O–H groups in total. The molecule has 104 valence electrons. The van der Waals surface area contributed by atoms with E-state index in [0.717, 1.165) is 30.6 Å². The fourth-order valence-electron chi connectivity index (χ4n) is 3.30. The van der Waals surface area contributed by atoms with Crippen LogP contribution in [-0.2, 0) is 0 Å². The number of hydrogen-bond acceptors (Lipinski definition) is 4. The van der Waals surface area contributed by atoms with Gasteiger partial charge in [-0.05, 0) is 57.7 Å². The summed E-state index contributed by atoms with van der Waals surface area (Å²) in [6, 6.07) is 0.790. The molecule has 4 heteroatoms. The van der Waals surface area contributed by atoms with Crippen molar-refractivity contribution in [2.45, 2.75) is 45.1 Å². The number of hydrogen-bond donors (Lipinski definition) is 0. The van der Waals surface area contributed by atoms with Gasteiger partial charge in [-0.2, -0.15) is 0 Å². The van der Waals surface area contributed by atoms with Crippen LogP contribution in [0.1, 0.15) is 37.7 Å². The van der Waals surface area contributed by atoms with Crippen LogP contribution in [0.4, 0.5) is 5.95 Å². The Bertz CT molecular complexity index is 397. The van der Waals surface area contributed by atoms with Crippen molar-refractivity contribution in [1.29, 1.82) is 0 Å². The molecule has 2 aliphatic heterocycles. The molecule has 0 bridgehead atoms. The van der Waals surface area contributed by atoms with Gasteiger partial charge in [-0.3, -0.25) is 0 Å². The predicted octanol–water partition coefficient (Wildman–Crippen LogP) is 2.24. The average Bonchev–Trinajstić information content (AvgIpc) is 2.85. The smallest absolute Gasteiger partial charge is 0.225 e. The SMILES string of the molecule is Cc1cnc(N2CCCC(N3CCCC3)CC2)nc1. The topological polar surface area (TPSA) is 32.3 Å². The highest BCUT2D eigenvalue weighted by molar-refractivity contribution is 5.29. The molecule has 1 atom stereocenters. The standard InChI is InChI=1S/C15H24N4/c1-13-11-16-15(17-12-13)19-9-4-5-14(6-10-19)18-7-2-3-8-18/h11-12,14H,2-10H2,1H3. The molecule has 1 aromatic heterocycles. The van der Waals surface area contributed by atoms with E-state index >= 15 is 0 Å². The van der Waals surface area contributed by atoms with Crippen molar-refractivity contribution in [3.8, 4) is 0 Å². The molecule has 3 rings (SSSR count). The number of anilines is 1. The van der Waals surface area contributed by atoms with Crippen LogP contribution in [0, 0.1) is 6.92 Å². The first-order chi connectivity index (χ1) is 9.33. The Kier molecular flexibility index (Phi) is 3.97. The molecule has 1 aromatic rings. The van der Waals surface area contributed by atoms with Gasteiger partial charge in [0.2, 0.25) is 5.95 Å². The van der Waals surface area contributed by atoms with Crippen LogP contribution < -0.4 is 4.90 Å². The molecule has 19 heavy (non-hydrogen) atoms. The first kappa shape index (κ1) is 12.9. The summed E-state index contributed by atoms with van der Waals surface area (Å²) in [5, 5.41) is 0. The minimum atomic E-state index is 0.790. The van der Waals surface area contributed by atoms with E-state index in [4.69, 9.17) is 0 Å². The van der Waals surface area contributed by atoms with E-state index in [1.54, 1.807) is 0 Å². The molecule has 0 amide bonds. The van der Waals surface area contributed by atoms with Crippen molar-refractivity contribution >= 4 is 5.95 Å². The monoisotopic (exact) mass is 260 g/mol. The normalized spacial score (nSPS) is 25.5. The van der Waals surface area contributed by atoms with Gasteiger partial charge in [-0.1, -0.05) is 0 Å². The summed E-state index contributed by atoms with van der Waals surface area (Å²) in [7, 11) is 0. The summed E-state index contributed by atoms with van der Waals surface area (Å²) < 4.78 is 0. The lowest BCUT2D eigenvalue weighted by atomic mass is 10.1. The second-order valence-corrected chi connectivity index (χ2v) is 5.88. The van der Waals surface area contributed by atoms with Gasteiger partial charge in [0.1, 0.15) is 0 Å². The fraction of sp³-hybridized carbons (Fsp3) is 0.733. The van der Waals surface area contributed by atoms with Gasteiger partial charge >= 0.3 is 0 Å². The van der Waals surface area contributed by atoms with Crippen LogP contribution >= 0.6 is 0 Å². The van der Waals surface area contributed by atoms with E-state index in [1.807, 2.05) is 19.3 Å². The van der Waals surface area contributed by atoms with E-state index in [-0.39, 0.29) is 0 Å². The van der Waals surface area contributed by atoms with E-state index in [9.17, 15) is 0 Å². The average molecular weight is 260 g/mol. The minimum absolute atomic E-state index is 0.790. The minimum Gasteiger partial charge on any atom is -0.341 e. The lowest BCUT2D eigenvalue weighted by molar-refractivity contribution is 0.225. The van der Waals surface area contributed by atoms with Gasteiger partial charge in [0, 0.05) is 31.5 Å². The first-order valence-corrected chi connectivity index (χ1v) is 7.60. The van der Waals surface area contributed by atoms with Crippen molar-refractivity contribution in [1.82, 2.24) is 14.9 Å². The number of likely N-dealkylation sites (tertiary alicyclic amines) is 1. The highest BCUT2D eigenvalue weighted by atomic mass is 15.3. The van der Waals surface area contributed by atoms with E-state index in [1.165, 1.54) is 45.2 Å². The number of rotatable bonds is 2. The third kappa shape index (κ3) is 3.06. The zero-order valence-corrected chi connectivity index (χ0v) is 11.9. The van der Waals surface area contributed by atoms with Gasteiger partial charge < -0.3 is 9.80 Å². The molecule has 4 nitrogen and oxygen atoms in total. The maximum absolute atomic E-state index is 4.47. The molecule has 0 aromatic carbocycles. The Labute approximate surface area is 115 Å². The zero-order valence-electron chi connectivity index (χ0n) is 11.9. The number of aryl methyl sites for hydroxylation is 1. The molecular weight excluding hydrogens is 236 g/mol. The molecule has 0 saturated carbocycles. The van der Waals surface area contributed by atoms with Crippen molar-refractivity contribution in [2.24, 2.45) is 0 Å². The van der Waals surface area contributed by atoms with Crippen molar-refractivity contribution in [3.05, 3.63) is 18.0 Å². The Hall–Kier alpha value is -1.16. The van der Waals surface area contributed by atoms with Crippen molar-refractivity contribution < 1.29 is 0 Å². The van der Waals surface area contributed by atoms with Crippen LogP contribution in [-0.4, -0.2) is 47.1 Å². The molecule has 2 aliphatic rings. The van der Waals surface area contributed by atoms with Crippen molar-refractivity contribution in [2.75, 3.05) is 31.1 Å². The largest absolute Gasteiger partial charge is 0.341 e. The molecular formula is C15H24N4. The third-order valence-electron chi connectivity index (χ3n) is 4.40. The first-order valence-electron chi connectivity index (χ1n) is 7.60. The van der Waals surface area contributed by atoms with Gasteiger partial charge in [0.15, 0.2) is 0 Å². The van der Waals surface area contributed by atoms with Crippen LogP contribution in [0.15, 0.2) is 12.4 Å². The van der Waals surface area contributed by atoms with Crippen LogP contribution in [0.5, 0.6) is 0 Å².